The van der Waals surface area contributed by atoms with Gasteiger partial charge in [-0.3, -0.25) is 0 Å². The monoisotopic (exact) mass is 386 g/mol. The molecule has 8 heteroatoms. The highest BCUT2D eigenvalue weighted by Crippen LogP contribution is 2.35. The maximum Gasteiger partial charge on any atom is 0.274 e. The normalized spacial score (nSPS) is 10.7. The fourth-order valence-corrected chi connectivity index (χ4v) is 3.44. The molecule has 0 unspecified atom stereocenters. The van der Waals surface area contributed by atoms with Crippen molar-refractivity contribution in [2.24, 2.45) is 0 Å². The van der Waals surface area contributed by atoms with Gasteiger partial charge >= 0.3 is 0 Å². The van der Waals surface area contributed by atoms with Crippen molar-refractivity contribution >= 4 is 23.0 Å². The quantitative estimate of drug-likeness (QED) is 0.642. The van der Waals surface area contributed by atoms with Gasteiger partial charge < -0.3 is 19.5 Å². The molecule has 142 valence electrons. The number of aryl methyl sites for hydroxylation is 1. The zero-order valence-electron chi connectivity index (χ0n) is 15.9. The molecule has 0 radical (unpaired) electrons. The number of anilines is 2. The molecule has 3 aromatic rings. The van der Waals surface area contributed by atoms with Gasteiger partial charge in [-0.05, 0) is 39.0 Å². The van der Waals surface area contributed by atoms with Gasteiger partial charge in [0.15, 0.2) is 0 Å². The maximum atomic E-state index is 5.70. The molecule has 0 aliphatic rings. The molecule has 2 aromatic heterocycles. The Kier molecular flexibility index (Phi) is 5.75. The van der Waals surface area contributed by atoms with E-state index in [-0.39, 0.29) is 6.10 Å². The summed E-state index contributed by atoms with van der Waals surface area (Å²) in [6, 6.07) is 7.36. The van der Waals surface area contributed by atoms with Crippen LogP contribution in [0.3, 0.4) is 0 Å². The first kappa shape index (κ1) is 18.9. The van der Waals surface area contributed by atoms with E-state index in [9.17, 15) is 0 Å². The van der Waals surface area contributed by atoms with Gasteiger partial charge in [0.2, 0.25) is 5.95 Å². The van der Waals surface area contributed by atoms with Gasteiger partial charge in [0.1, 0.15) is 11.5 Å². The van der Waals surface area contributed by atoms with Crippen molar-refractivity contribution in [1.82, 2.24) is 15.0 Å². The molecule has 0 saturated heterocycles. The van der Waals surface area contributed by atoms with E-state index in [1.807, 2.05) is 39.0 Å². The van der Waals surface area contributed by atoms with Gasteiger partial charge in [-0.15, -0.1) is 0 Å². The summed E-state index contributed by atoms with van der Waals surface area (Å²) >= 11 is 1.48. The lowest BCUT2D eigenvalue weighted by Gasteiger charge is -2.11. The van der Waals surface area contributed by atoms with Crippen molar-refractivity contribution < 1.29 is 14.2 Å². The Morgan fingerprint density at radius 1 is 1.07 bits per heavy atom. The van der Waals surface area contributed by atoms with Crippen LogP contribution >= 0.6 is 11.3 Å². The first-order valence-corrected chi connectivity index (χ1v) is 9.28. The van der Waals surface area contributed by atoms with Crippen molar-refractivity contribution in [1.29, 1.82) is 0 Å². The number of nitrogens with zero attached hydrogens (tertiary/aromatic N) is 3. The van der Waals surface area contributed by atoms with Crippen LogP contribution in [0.1, 0.15) is 19.5 Å². The highest BCUT2D eigenvalue weighted by molar-refractivity contribution is 7.17. The molecule has 0 aliphatic carbocycles. The smallest absolute Gasteiger partial charge is 0.274 e. The number of rotatable bonds is 7. The van der Waals surface area contributed by atoms with Crippen molar-refractivity contribution in [2.75, 3.05) is 19.5 Å². The van der Waals surface area contributed by atoms with Crippen LogP contribution in [0.5, 0.6) is 16.7 Å². The Morgan fingerprint density at radius 2 is 1.89 bits per heavy atom. The number of aromatic nitrogens is 3. The topological polar surface area (TPSA) is 78.4 Å². The van der Waals surface area contributed by atoms with Gasteiger partial charge in [0.25, 0.3) is 5.19 Å². The largest absolute Gasteiger partial charge is 0.497 e. The van der Waals surface area contributed by atoms with Crippen LogP contribution in [0, 0.1) is 6.92 Å². The van der Waals surface area contributed by atoms with Crippen LogP contribution < -0.4 is 19.5 Å². The maximum absolute atomic E-state index is 5.70. The second kappa shape index (κ2) is 8.22. The Hall–Kier alpha value is -2.87. The molecule has 0 bridgehead atoms. The molecular formula is C19H22N4O3S. The number of nitrogens with one attached hydrogen (secondary N) is 1. The molecule has 27 heavy (non-hydrogen) atoms. The number of hydrogen-bond acceptors (Lipinski definition) is 8. The third-order valence-corrected chi connectivity index (χ3v) is 4.73. The summed E-state index contributed by atoms with van der Waals surface area (Å²) in [4.78, 5) is 14.3. The van der Waals surface area contributed by atoms with Crippen molar-refractivity contribution in [3.63, 3.8) is 0 Å². The summed E-state index contributed by atoms with van der Waals surface area (Å²) in [7, 11) is 3.22. The molecule has 0 aliphatic heterocycles. The lowest BCUT2D eigenvalue weighted by molar-refractivity contribution is 0.241. The molecule has 0 fully saturated rings. The highest BCUT2D eigenvalue weighted by Gasteiger charge is 2.14. The molecule has 1 N–H and O–H groups in total. The Bertz CT molecular complexity index is 927. The lowest BCUT2D eigenvalue weighted by atomic mass is 10.2. The van der Waals surface area contributed by atoms with E-state index >= 15 is 0 Å². The summed E-state index contributed by atoms with van der Waals surface area (Å²) in [5.74, 6) is 1.82. The first-order valence-electron chi connectivity index (χ1n) is 8.46. The molecule has 2 heterocycles. The molecule has 1 aromatic carbocycles. The molecular weight excluding hydrogens is 364 g/mol. The zero-order valence-corrected chi connectivity index (χ0v) is 16.8. The molecule has 0 amide bonds. The minimum Gasteiger partial charge on any atom is -0.497 e. The van der Waals surface area contributed by atoms with Crippen LogP contribution in [-0.2, 0) is 0 Å². The average molecular weight is 386 g/mol. The van der Waals surface area contributed by atoms with E-state index in [0.717, 1.165) is 22.0 Å². The third-order valence-electron chi connectivity index (χ3n) is 3.66. The Morgan fingerprint density at radius 3 is 2.59 bits per heavy atom. The fraction of sp³-hybridized carbons (Fsp3) is 0.316. The van der Waals surface area contributed by atoms with Crippen LogP contribution in [0.4, 0.5) is 11.6 Å². The summed E-state index contributed by atoms with van der Waals surface area (Å²) in [6.07, 6.45) is 1.79. The van der Waals surface area contributed by atoms with Crippen LogP contribution in [-0.4, -0.2) is 35.3 Å². The molecule has 3 rings (SSSR count). The lowest BCUT2D eigenvalue weighted by Crippen LogP contribution is -2.04. The number of benzene rings is 1. The van der Waals surface area contributed by atoms with Gasteiger partial charge in [-0.25, -0.2) is 15.0 Å². The number of methoxy groups -OCH3 is 2. The second-order valence-corrected chi connectivity index (χ2v) is 6.98. The standard InChI is InChI=1S/C19H22N4O3S/c1-11(2)26-19-21-12(3)17(27-19)15-8-9-20-18(23-15)22-14-7-6-13(24-4)10-16(14)25-5/h6-11H,1-5H3,(H,20,22,23). The summed E-state index contributed by atoms with van der Waals surface area (Å²) < 4.78 is 16.3. The second-order valence-electron chi connectivity index (χ2n) is 6.02. The minimum atomic E-state index is 0.0774. The number of hydrogen-bond donors (Lipinski definition) is 1. The van der Waals surface area contributed by atoms with E-state index in [1.165, 1.54) is 11.3 Å². The van der Waals surface area contributed by atoms with Crippen LogP contribution in [0.2, 0.25) is 0 Å². The third kappa shape index (κ3) is 4.46. The van der Waals surface area contributed by atoms with E-state index in [1.54, 1.807) is 26.5 Å². The van der Waals surface area contributed by atoms with E-state index < -0.39 is 0 Å². The average Bonchev–Trinajstić information content (AvgIpc) is 3.01. The Balaban J connectivity index is 1.87. The van der Waals surface area contributed by atoms with Gasteiger partial charge in [-0.2, -0.15) is 0 Å². The summed E-state index contributed by atoms with van der Waals surface area (Å²) in [5, 5.41) is 3.83. The predicted octanol–water partition coefficient (Wildman–Crippen LogP) is 4.46. The van der Waals surface area contributed by atoms with Crippen molar-refractivity contribution in [3.8, 4) is 27.3 Å². The number of ether oxygens (including phenoxy) is 3. The van der Waals surface area contributed by atoms with E-state index in [2.05, 4.69) is 20.3 Å². The summed E-state index contributed by atoms with van der Waals surface area (Å²) in [6.45, 7) is 5.90. The van der Waals surface area contributed by atoms with Gasteiger partial charge in [0, 0.05) is 12.3 Å². The minimum absolute atomic E-state index is 0.0774. The predicted molar refractivity (Wildman–Crippen MR) is 106 cm³/mol. The van der Waals surface area contributed by atoms with E-state index in [0.29, 0.717) is 22.6 Å². The molecule has 7 nitrogen and oxygen atoms in total. The van der Waals surface area contributed by atoms with Gasteiger partial charge in [0.05, 0.1) is 42.3 Å². The molecule has 0 spiro atoms. The highest BCUT2D eigenvalue weighted by atomic mass is 32.1. The zero-order chi connectivity index (χ0) is 19.4. The SMILES string of the molecule is COc1ccc(Nc2nccc(-c3sc(OC(C)C)nc3C)n2)c(OC)c1. The molecule has 0 saturated carbocycles. The first-order chi connectivity index (χ1) is 13.0. The van der Waals surface area contributed by atoms with E-state index in [4.69, 9.17) is 14.2 Å². The Labute approximate surface area is 162 Å². The van der Waals surface area contributed by atoms with Crippen LogP contribution in [0.15, 0.2) is 30.5 Å². The van der Waals surface area contributed by atoms with Gasteiger partial charge in [-0.1, -0.05) is 11.3 Å². The molecule has 0 atom stereocenters. The van der Waals surface area contributed by atoms with Crippen LogP contribution in [0.25, 0.3) is 10.6 Å². The van der Waals surface area contributed by atoms with Crippen molar-refractivity contribution in [3.05, 3.63) is 36.2 Å². The van der Waals surface area contributed by atoms with Crippen molar-refractivity contribution in [2.45, 2.75) is 26.9 Å². The fourth-order valence-electron chi connectivity index (χ4n) is 2.43. The summed E-state index contributed by atoms with van der Waals surface area (Å²) in [5.41, 5.74) is 2.41. The number of thiazole rings is 1.